The van der Waals surface area contributed by atoms with Gasteiger partial charge in [-0.3, -0.25) is 0 Å². The van der Waals surface area contributed by atoms with Crippen molar-refractivity contribution in [2.24, 2.45) is 0 Å². The summed E-state index contributed by atoms with van der Waals surface area (Å²) >= 11 is 3.84. The number of unbranched alkanes of at least 4 members (excludes halogenated alkanes) is 2. The highest BCUT2D eigenvalue weighted by Crippen LogP contribution is 2.38. The minimum Gasteiger partial charge on any atom is -0.494 e. The third-order valence-electron chi connectivity index (χ3n) is 3.91. The predicted octanol–water partition coefficient (Wildman–Crippen LogP) is 7.15. The molecular weight excluding hydrogens is 320 g/mol. The van der Waals surface area contributed by atoms with Crippen molar-refractivity contribution in [3.05, 3.63) is 41.3 Å². The van der Waals surface area contributed by atoms with Crippen molar-refractivity contribution in [1.82, 2.24) is 0 Å². The zero-order valence-corrected chi connectivity index (χ0v) is 15.6. The molecule has 122 valence electrons. The number of ether oxygens (including phenoxy) is 1. The van der Waals surface area contributed by atoms with E-state index in [1.165, 1.54) is 50.4 Å². The molecular formula is C20H24OS2. The molecule has 0 aliphatic heterocycles. The van der Waals surface area contributed by atoms with Gasteiger partial charge in [0.05, 0.1) is 6.61 Å². The lowest BCUT2D eigenvalue weighted by atomic mass is 10.2. The average molecular weight is 345 g/mol. The van der Waals surface area contributed by atoms with Gasteiger partial charge in [-0.1, -0.05) is 33.1 Å². The summed E-state index contributed by atoms with van der Waals surface area (Å²) in [4.78, 5) is 2.86. The molecule has 0 bridgehead atoms. The summed E-state index contributed by atoms with van der Waals surface area (Å²) in [5.74, 6) is 0.980. The standard InChI is InChI=1S/C20H24OS2/c1-3-5-6-12-21-16-10-8-15(9-11-16)18-14-20-19(23-18)13-17(22-20)7-4-2/h8-11,13-14H,3-7,12H2,1-2H3. The van der Waals surface area contributed by atoms with Crippen LogP contribution >= 0.6 is 22.7 Å². The van der Waals surface area contributed by atoms with E-state index in [0.29, 0.717) is 0 Å². The quantitative estimate of drug-likeness (QED) is 0.394. The molecule has 1 aromatic carbocycles. The number of thiophene rings is 2. The van der Waals surface area contributed by atoms with Gasteiger partial charge in [0.15, 0.2) is 0 Å². The normalized spacial score (nSPS) is 11.2. The molecule has 0 aliphatic rings. The van der Waals surface area contributed by atoms with E-state index in [2.05, 4.69) is 50.2 Å². The molecule has 0 spiro atoms. The topological polar surface area (TPSA) is 9.23 Å². The van der Waals surface area contributed by atoms with Crippen LogP contribution in [0, 0.1) is 0 Å². The maximum Gasteiger partial charge on any atom is 0.119 e. The van der Waals surface area contributed by atoms with E-state index in [0.717, 1.165) is 18.8 Å². The summed E-state index contributed by atoms with van der Waals surface area (Å²) < 4.78 is 8.64. The second-order valence-corrected chi connectivity index (χ2v) is 8.13. The fraction of sp³-hybridized carbons (Fsp3) is 0.400. The first-order valence-corrected chi connectivity index (χ1v) is 10.2. The Kier molecular flexibility index (Phi) is 5.74. The molecule has 0 amide bonds. The summed E-state index contributed by atoms with van der Waals surface area (Å²) in [6.07, 6.45) is 6.03. The monoisotopic (exact) mass is 344 g/mol. The van der Waals surface area contributed by atoms with Crippen molar-refractivity contribution in [2.45, 2.75) is 46.0 Å². The number of aryl methyl sites for hydroxylation is 1. The lowest BCUT2D eigenvalue weighted by molar-refractivity contribution is 0.306. The Labute approximate surface area is 146 Å². The van der Waals surface area contributed by atoms with Crippen molar-refractivity contribution in [1.29, 1.82) is 0 Å². The maximum atomic E-state index is 5.79. The second-order valence-electron chi connectivity index (χ2n) is 5.88. The van der Waals surface area contributed by atoms with Crippen LogP contribution in [0.1, 0.15) is 44.4 Å². The molecule has 1 nitrogen and oxygen atoms in total. The van der Waals surface area contributed by atoms with Crippen LogP contribution in [0.2, 0.25) is 0 Å². The Morgan fingerprint density at radius 3 is 2.35 bits per heavy atom. The first-order chi connectivity index (χ1) is 11.3. The van der Waals surface area contributed by atoms with Gasteiger partial charge in [0.25, 0.3) is 0 Å². The average Bonchev–Trinajstić information content (AvgIpc) is 3.11. The molecule has 0 unspecified atom stereocenters. The van der Waals surface area contributed by atoms with E-state index in [1.807, 2.05) is 22.7 Å². The van der Waals surface area contributed by atoms with Gasteiger partial charge in [-0.2, -0.15) is 0 Å². The van der Waals surface area contributed by atoms with Gasteiger partial charge in [0, 0.05) is 19.2 Å². The van der Waals surface area contributed by atoms with E-state index in [9.17, 15) is 0 Å². The minimum atomic E-state index is 0.822. The first-order valence-electron chi connectivity index (χ1n) is 8.55. The van der Waals surface area contributed by atoms with Crippen LogP contribution in [-0.4, -0.2) is 6.61 Å². The molecule has 3 aromatic rings. The minimum absolute atomic E-state index is 0.822. The van der Waals surface area contributed by atoms with Gasteiger partial charge in [0.2, 0.25) is 0 Å². The van der Waals surface area contributed by atoms with Gasteiger partial charge < -0.3 is 4.74 Å². The fourth-order valence-corrected chi connectivity index (χ4v) is 5.18. The van der Waals surface area contributed by atoms with Crippen LogP contribution in [0.4, 0.5) is 0 Å². The number of fused-ring (bicyclic) bond motifs is 1. The van der Waals surface area contributed by atoms with E-state index in [-0.39, 0.29) is 0 Å². The van der Waals surface area contributed by atoms with E-state index >= 15 is 0 Å². The van der Waals surface area contributed by atoms with E-state index in [4.69, 9.17) is 4.74 Å². The SMILES string of the molecule is CCCCCOc1ccc(-c2cc3sc(CCC)cc3s2)cc1. The first kappa shape index (κ1) is 16.5. The van der Waals surface area contributed by atoms with Gasteiger partial charge in [-0.25, -0.2) is 0 Å². The third-order valence-corrected chi connectivity index (χ3v) is 6.31. The zero-order chi connectivity index (χ0) is 16.1. The number of benzene rings is 1. The molecule has 23 heavy (non-hydrogen) atoms. The van der Waals surface area contributed by atoms with Gasteiger partial charge in [-0.05, 0) is 54.8 Å². The van der Waals surface area contributed by atoms with Gasteiger partial charge in [0.1, 0.15) is 5.75 Å². The number of hydrogen-bond acceptors (Lipinski definition) is 3. The molecule has 2 heterocycles. The van der Waals surface area contributed by atoms with Crippen molar-refractivity contribution >= 4 is 32.1 Å². The lowest BCUT2D eigenvalue weighted by Crippen LogP contribution is -1.96. The second kappa shape index (κ2) is 7.98. The van der Waals surface area contributed by atoms with Crippen LogP contribution in [0.5, 0.6) is 5.75 Å². The summed E-state index contributed by atoms with van der Waals surface area (Å²) in [6.45, 7) is 5.28. The molecule has 0 saturated heterocycles. The molecule has 0 saturated carbocycles. The van der Waals surface area contributed by atoms with Crippen LogP contribution in [0.15, 0.2) is 36.4 Å². The van der Waals surface area contributed by atoms with Crippen LogP contribution in [-0.2, 0) is 6.42 Å². The van der Waals surface area contributed by atoms with Crippen molar-refractivity contribution in [2.75, 3.05) is 6.61 Å². The third kappa shape index (κ3) is 4.15. The summed E-state index contributed by atoms with van der Waals surface area (Å²) in [6, 6.07) is 13.2. The van der Waals surface area contributed by atoms with Crippen LogP contribution in [0.3, 0.4) is 0 Å². The highest BCUT2D eigenvalue weighted by molar-refractivity contribution is 7.29. The zero-order valence-electron chi connectivity index (χ0n) is 13.9. The highest BCUT2D eigenvalue weighted by atomic mass is 32.1. The molecule has 0 N–H and O–H groups in total. The molecule has 3 rings (SSSR count). The van der Waals surface area contributed by atoms with Crippen molar-refractivity contribution < 1.29 is 4.74 Å². The Morgan fingerprint density at radius 1 is 0.870 bits per heavy atom. The molecule has 0 fully saturated rings. The van der Waals surface area contributed by atoms with Gasteiger partial charge in [-0.15, -0.1) is 22.7 Å². The number of hydrogen-bond donors (Lipinski definition) is 0. The molecule has 0 atom stereocenters. The van der Waals surface area contributed by atoms with Crippen LogP contribution in [0.25, 0.3) is 19.8 Å². The summed E-state index contributed by atoms with van der Waals surface area (Å²) in [5.41, 5.74) is 1.29. The van der Waals surface area contributed by atoms with E-state index in [1.54, 1.807) is 0 Å². The molecule has 3 heteroatoms. The predicted molar refractivity (Wildman–Crippen MR) is 104 cm³/mol. The Balaban J connectivity index is 1.67. The van der Waals surface area contributed by atoms with Crippen molar-refractivity contribution in [3.8, 4) is 16.2 Å². The molecule has 0 radical (unpaired) electrons. The smallest absolute Gasteiger partial charge is 0.119 e. The summed E-state index contributed by atoms with van der Waals surface area (Å²) in [7, 11) is 0. The van der Waals surface area contributed by atoms with Gasteiger partial charge >= 0.3 is 0 Å². The molecule has 0 aliphatic carbocycles. The highest BCUT2D eigenvalue weighted by Gasteiger charge is 2.08. The largest absolute Gasteiger partial charge is 0.494 e. The van der Waals surface area contributed by atoms with Crippen LogP contribution < -0.4 is 4.74 Å². The Bertz CT molecular complexity index is 705. The molecule has 2 aromatic heterocycles. The van der Waals surface area contributed by atoms with Crippen molar-refractivity contribution in [3.63, 3.8) is 0 Å². The Hall–Kier alpha value is -1.32. The number of rotatable bonds is 8. The summed E-state index contributed by atoms with van der Waals surface area (Å²) in [5, 5.41) is 0. The fourth-order valence-electron chi connectivity index (χ4n) is 2.66. The van der Waals surface area contributed by atoms with E-state index < -0.39 is 0 Å². The Morgan fingerprint density at radius 2 is 1.65 bits per heavy atom. The maximum absolute atomic E-state index is 5.79. The lowest BCUT2D eigenvalue weighted by Gasteiger charge is -2.06.